The summed E-state index contributed by atoms with van der Waals surface area (Å²) < 4.78 is 5.19. The summed E-state index contributed by atoms with van der Waals surface area (Å²) in [6.45, 7) is 5.38. The molecule has 0 radical (unpaired) electrons. The maximum Gasteiger partial charge on any atom is 0.311 e. The highest BCUT2D eigenvalue weighted by atomic mass is 16.5. The first-order valence-electron chi connectivity index (χ1n) is 5.54. The number of hydrogen-bond acceptors (Lipinski definition) is 4. The predicted molar refractivity (Wildman–Crippen MR) is 55.1 cm³/mol. The van der Waals surface area contributed by atoms with Crippen LogP contribution >= 0.6 is 0 Å². The average molecular weight is 216 g/mol. The Bertz CT molecular complexity index is 229. The fourth-order valence-corrected chi connectivity index (χ4v) is 1.88. The van der Waals surface area contributed by atoms with E-state index in [4.69, 9.17) is 4.74 Å². The summed E-state index contributed by atoms with van der Waals surface area (Å²) in [6.07, 6.45) is -0.454. The molecule has 15 heavy (non-hydrogen) atoms. The summed E-state index contributed by atoms with van der Waals surface area (Å²) in [7, 11) is 0. The van der Waals surface area contributed by atoms with E-state index < -0.39 is 18.1 Å². The predicted octanol–water partition coefficient (Wildman–Crippen LogP) is 0.706. The number of rotatable bonds is 3. The van der Waals surface area contributed by atoms with Crippen LogP contribution in [0.1, 0.15) is 33.6 Å². The van der Waals surface area contributed by atoms with E-state index in [1.807, 2.05) is 13.8 Å². The van der Waals surface area contributed by atoms with E-state index in [-0.39, 0.29) is 18.0 Å². The second-order valence-electron chi connectivity index (χ2n) is 4.41. The molecule has 4 nitrogen and oxygen atoms in total. The molecule has 0 aromatic heterocycles. The maximum absolute atomic E-state index is 11.4. The molecule has 4 heteroatoms. The van der Waals surface area contributed by atoms with Gasteiger partial charge in [-0.2, -0.15) is 0 Å². The molecule has 0 amide bonds. The van der Waals surface area contributed by atoms with Crippen molar-refractivity contribution in [2.75, 3.05) is 0 Å². The van der Waals surface area contributed by atoms with Gasteiger partial charge in [0.1, 0.15) is 6.10 Å². The Balaban J connectivity index is 2.62. The molecule has 1 aliphatic heterocycles. The van der Waals surface area contributed by atoms with Crippen LogP contribution in [0.25, 0.3) is 0 Å². The van der Waals surface area contributed by atoms with Crippen molar-refractivity contribution in [2.24, 2.45) is 11.8 Å². The van der Waals surface area contributed by atoms with E-state index in [0.717, 1.165) is 0 Å². The van der Waals surface area contributed by atoms with Gasteiger partial charge >= 0.3 is 5.97 Å². The van der Waals surface area contributed by atoms with Gasteiger partial charge in [-0.25, -0.2) is 0 Å². The number of hydrogen-bond donors (Lipinski definition) is 2. The lowest BCUT2D eigenvalue weighted by Crippen LogP contribution is -2.47. The van der Waals surface area contributed by atoms with Gasteiger partial charge in [-0.05, 0) is 13.3 Å². The number of aliphatic hydroxyl groups is 2. The molecule has 0 spiro atoms. The minimum Gasteiger partial charge on any atom is -0.462 e. The summed E-state index contributed by atoms with van der Waals surface area (Å²) in [4.78, 5) is 11.4. The number of carbonyl (C=O) groups is 1. The molecule has 5 atom stereocenters. The van der Waals surface area contributed by atoms with Crippen LogP contribution in [0, 0.1) is 11.8 Å². The van der Waals surface area contributed by atoms with Crippen LogP contribution in [-0.4, -0.2) is 34.5 Å². The number of esters is 1. The molecule has 0 bridgehead atoms. The van der Waals surface area contributed by atoms with Gasteiger partial charge in [-0.1, -0.05) is 13.8 Å². The summed E-state index contributed by atoms with van der Waals surface area (Å²) in [6, 6.07) is 0. The standard InChI is InChI=1S/C11H20O4/c1-4-8(12)5-9-6(2)10(13)7(3)11(14)15-9/h6-10,12-13H,4-5H2,1-3H3/t6-,7+,8+,9?,10-/m0/s1. The maximum atomic E-state index is 11.4. The zero-order valence-electron chi connectivity index (χ0n) is 9.51. The van der Waals surface area contributed by atoms with Crippen molar-refractivity contribution in [2.45, 2.75) is 51.9 Å². The molecular formula is C11H20O4. The van der Waals surface area contributed by atoms with Crippen LogP contribution in [-0.2, 0) is 9.53 Å². The van der Waals surface area contributed by atoms with Crippen LogP contribution in [0.2, 0.25) is 0 Å². The monoisotopic (exact) mass is 216 g/mol. The summed E-state index contributed by atoms with van der Waals surface area (Å²) in [5.74, 6) is -0.942. The molecule has 2 N–H and O–H groups in total. The lowest BCUT2D eigenvalue weighted by molar-refractivity contribution is -0.179. The number of ether oxygens (including phenoxy) is 1. The van der Waals surface area contributed by atoms with Gasteiger partial charge in [0.15, 0.2) is 0 Å². The van der Waals surface area contributed by atoms with Gasteiger partial charge in [-0.3, -0.25) is 4.79 Å². The smallest absolute Gasteiger partial charge is 0.311 e. The quantitative estimate of drug-likeness (QED) is 0.682. The van der Waals surface area contributed by atoms with Crippen molar-refractivity contribution in [1.82, 2.24) is 0 Å². The van der Waals surface area contributed by atoms with Crippen LogP contribution in [0.5, 0.6) is 0 Å². The molecule has 0 aromatic rings. The molecule has 1 fully saturated rings. The zero-order chi connectivity index (χ0) is 11.6. The summed E-state index contributed by atoms with van der Waals surface area (Å²) in [5.41, 5.74) is 0. The molecule has 0 aromatic carbocycles. The van der Waals surface area contributed by atoms with Crippen molar-refractivity contribution in [1.29, 1.82) is 0 Å². The lowest BCUT2D eigenvalue weighted by Gasteiger charge is -2.37. The van der Waals surface area contributed by atoms with Crippen molar-refractivity contribution in [3.63, 3.8) is 0 Å². The zero-order valence-corrected chi connectivity index (χ0v) is 9.51. The second-order valence-corrected chi connectivity index (χ2v) is 4.41. The second kappa shape index (κ2) is 4.94. The lowest BCUT2D eigenvalue weighted by atomic mass is 9.84. The Hall–Kier alpha value is -0.610. The Morgan fingerprint density at radius 3 is 2.60 bits per heavy atom. The first-order chi connectivity index (χ1) is 6.97. The van der Waals surface area contributed by atoms with Crippen molar-refractivity contribution in [3.8, 4) is 0 Å². The minimum atomic E-state index is -0.666. The van der Waals surface area contributed by atoms with Gasteiger partial charge in [0, 0.05) is 12.3 Å². The van der Waals surface area contributed by atoms with E-state index in [1.54, 1.807) is 6.92 Å². The van der Waals surface area contributed by atoms with Crippen molar-refractivity contribution in [3.05, 3.63) is 0 Å². The minimum absolute atomic E-state index is 0.112. The SMILES string of the molecule is CC[C@@H](O)CC1OC(=O)[C@H](C)[C@@H](O)[C@H]1C. The third-order valence-corrected chi connectivity index (χ3v) is 3.25. The molecule has 1 heterocycles. The molecule has 1 unspecified atom stereocenters. The highest BCUT2D eigenvalue weighted by Crippen LogP contribution is 2.29. The normalized spacial score (nSPS) is 38.6. The summed E-state index contributed by atoms with van der Waals surface area (Å²) >= 11 is 0. The van der Waals surface area contributed by atoms with E-state index in [1.165, 1.54) is 0 Å². The molecule has 1 aliphatic rings. The average Bonchev–Trinajstić information content (AvgIpc) is 2.22. The van der Waals surface area contributed by atoms with E-state index in [2.05, 4.69) is 0 Å². The van der Waals surface area contributed by atoms with E-state index in [0.29, 0.717) is 12.8 Å². The first-order valence-corrected chi connectivity index (χ1v) is 5.54. The van der Waals surface area contributed by atoms with Gasteiger partial charge in [0.25, 0.3) is 0 Å². The van der Waals surface area contributed by atoms with Crippen LogP contribution in [0.15, 0.2) is 0 Å². The van der Waals surface area contributed by atoms with Crippen molar-refractivity contribution < 1.29 is 19.7 Å². The van der Waals surface area contributed by atoms with Gasteiger partial charge in [0.2, 0.25) is 0 Å². The molecule has 0 aliphatic carbocycles. The Labute approximate surface area is 90.2 Å². The Kier molecular flexibility index (Phi) is 4.11. The largest absolute Gasteiger partial charge is 0.462 e. The highest BCUT2D eigenvalue weighted by molar-refractivity contribution is 5.73. The third kappa shape index (κ3) is 2.69. The number of aliphatic hydroxyl groups excluding tert-OH is 2. The van der Waals surface area contributed by atoms with Crippen LogP contribution in [0.3, 0.4) is 0 Å². The van der Waals surface area contributed by atoms with E-state index >= 15 is 0 Å². The molecule has 0 saturated carbocycles. The fourth-order valence-electron chi connectivity index (χ4n) is 1.88. The Morgan fingerprint density at radius 1 is 1.47 bits per heavy atom. The molecular weight excluding hydrogens is 196 g/mol. The van der Waals surface area contributed by atoms with Crippen LogP contribution in [0.4, 0.5) is 0 Å². The molecule has 88 valence electrons. The van der Waals surface area contributed by atoms with Gasteiger partial charge in [-0.15, -0.1) is 0 Å². The van der Waals surface area contributed by atoms with Gasteiger partial charge < -0.3 is 14.9 Å². The van der Waals surface area contributed by atoms with Crippen molar-refractivity contribution >= 4 is 5.97 Å². The Morgan fingerprint density at radius 2 is 2.07 bits per heavy atom. The molecule has 1 rings (SSSR count). The highest BCUT2D eigenvalue weighted by Gasteiger charge is 2.40. The van der Waals surface area contributed by atoms with Crippen LogP contribution < -0.4 is 0 Å². The topological polar surface area (TPSA) is 66.8 Å². The third-order valence-electron chi connectivity index (χ3n) is 3.25. The van der Waals surface area contributed by atoms with Gasteiger partial charge in [0.05, 0.1) is 18.1 Å². The van der Waals surface area contributed by atoms with E-state index in [9.17, 15) is 15.0 Å². The number of cyclic esters (lactones) is 1. The first kappa shape index (κ1) is 12.5. The number of carbonyl (C=O) groups excluding carboxylic acids is 1. The fraction of sp³-hybridized carbons (Fsp3) is 0.909. The molecule has 1 saturated heterocycles. The summed E-state index contributed by atoms with van der Waals surface area (Å²) in [5, 5.41) is 19.3.